The van der Waals surface area contributed by atoms with Gasteiger partial charge in [0.2, 0.25) is 10.0 Å². The van der Waals surface area contributed by atoms with Crippen LogP contribution in [0.3, 0.4) is 0 Å². The van der Waals surface area contributed by atoms with E-state index in [-0.39, 0.29) is 0 Å². The second kappa shape index (κ2) is 10.8. The van der Waals surface area contributed by atoms with Crippen molar-refractivity contribution in [2.24, 2.45) is 0 Å². The number of hydrogen-bond donors (Lipinski definition) is 1. The Balaban J connectivity index is 2.87. The van der Waals surface area contributed by atoms with Gasteiger partial charge < -0.3 is 14.5 Å². The zero-order valence-electron chi connectivity index (χ0n) is 16.3. The maximum absolute atomic E-state index is 13.0. The SMILES string of the molecule is CCOc1ccc(S(=O)(=O)N(CCCN(C)C)CCC[NH+](C)C)cc1. The molecule has 0 spiro atoms. The summed E-state index contributed by atoms with van der Waals surface area (Å²) in [6, 6.07) is 6.71. The van der Waals surface area contributed by atoms with Gasteiger partial charge in [-0.05, 0) is 58.3 Å². The molecule has 144 valence electrons. The summed E-state index contributed by atoms with van der Waals surface area (Å²) in [4.78, 5) is 3.73. The Morgan fingerprint density at radius 2 is 1.60 bits per heavy atom. The number of quaternary nitrogens is 1. The third kappa shape index (κ3) is 7.73. The molecule has 25 heavy (non-hydrogen) atoms. The average Bonchev–Trinajstić information content (AvgIpc) is 2.53. The van der Waals surface area contributed by atoms with Crippen molar-refractivity contribution in [1.29, 1.82) is 0 Å². The van der Waals surface area contributed by atoms with Gasteiger partial charge in [0.05, 0.1) is 32.1 Å². The molecule has 6 nitrogen and oxygen atoms in total. The van der Waals surface area contributed by atoms with Crippen molar-refractivity contribution in [1.82, 2.24) is 9.21 Å². The number of nitrogens with zero attached hydrogens (tertiary/aromatic N) is 2. The minimum Gasteiger partial charge on any atom is -0.494 e. The van der Waals surface area contributed by atoms with Gasteiger partial charge in [-0.2, -0.15) is 4.31 Å². The molecule has 0 aliphatic carbocycles. The Hall–Kier alpha value is -1.15. The number of sulfonamides is 1. The van der Waals surface area contributed by atoms with Crippen LogP contribution in [0.1, 0.15) is 19.8 Å². The van der Waals surface area contributed by atoms with Crippen molar-refractivity contribution >= 4 is 10.0 Å². The van der Waals surface area contributed by atoms with Crippen LogP contribution in [0.15, 0.2) is 29.2 Å². The maximum atomic E-state index is 13.0. The second-order valence-corrected chi connectivity index (χ2v) is 8.71. The third-order valence-corrected chi connectivity index (χ3v) is 5.78. The van der Waals surface area contributed by atoms with E-state index in [9.17, 15) is 8.42 Å². The van der Waals surface area contributed by atoms with E-state index >= 15 is 0 Å². The fraction of sp³-hybridized carbons (Fsp3) is 0.667. The molecule has 1 rings (SSSR count). The predicted molar refractivity (Wildman–Crippen MR) is 102 cm³/mol. The Labute approximate surface area is 153 Å². The molecule has 0 unspecified atom stereocenters. The summed E-state index contributed by atoms with van der Waals surface area (Å²) in [6.07, 6.45) is 1.67. The van der Waals surface area contributed by atoms with Crippen LogP contribution in [-0.2, 0) is 10.0 Å². The van der Waals surface area contributed by atoms with Crippen molar-refractivity contribution in [3.8, 4) is 5.75 Å². The standard InChI is InChI=1S/C18H33N3O3S/c1-6-24-17-9-11-18(12-10-17)25(22,23)21(15-7-13-19(2)3)16-8-14-20(4)5/h9-12H,6-8,13-16H2,1-5H3/p+1. The summed E-state index contributed by atoms with van der Waals surface area (Å²) in [6.45, 7) is 5.38. The van der Waals surface area contributed by atoms with Gasteiger partial charge in [0.1, 0.15) is 5.75 Å². The van der Waals surface area contributed by atoms with Crippen LogP contribution in [0.25, 0.3) is 0 Å². The minimum absolute atomic E-state index is 0.331. The van der Waals surface area contributed by atoms with E-state index in [0.717, 1.165) is 25.9 Å². The predicted octanol–water partition coefficient (Wildman–Crippen LogP) is 0.562. The highest BCUT2D eigenvalue weighted by Crippen LogP contribution is 2.20. The van der Waals surface area contributed by atoms with Crippen molar-refractivity contribution in [2.45, 2.75) is 24.7 Å². The van der Waals surface area contributed by atoms with Crippen LogP contribution < -0.4 is 9.64 Å². The zero-order valence-corrected chi connectivity index (χ0v) is 17.1. The first-order valence-corrected chi connectivity index (χ1v) is 10.4. The van der Waals surface area contributed by atoms with Crippen molar-refractivity contribution < 1.29 is 18.1 Å². The molecule has 0 atom stereocenters. The summed E-state index contributed by atoms with van der Waals surface area (Å²) in [7, 11) is 4.68. The van der Waals surface area contributed by atoms with Gasteiger partial charge in [-0.1, -0.05) is 0 Å². The van der Waals surface area contributed by atoms with E-state index < -0.39 is 10.0 Å². The molecule has 0 bridgehead atoms. The van der Waals surface area contributed by atoms with Crippen LogP contribution >= 0.6 is 0 Å². The normalized spacial score (nSPS) is 12.3. The largest absolute Gasteiger partial charge is 0.494 e. The van der Waals surface area contributed by atoms with Crippen LogP contribution in [0.4, 0.5) is 0 Å². The van der Waals surface area contributed by atoms with Gasteiger partial charge in [-0.3, -0.25) is 0 Å². The molecular formula is C18H34N3O3S+. The van der Waals surface area contributed by atoms with Gasteiger partial charge in [0.25, 0.3) is 0 Å². The highest BCUT2D eigenvalue weighted by Gasteiger charge is 2.24. The van der Waals surface area contributed by atoms with E-state index in [0.29, 0.717) is 30.3 Å². The van der Waals surface area contributed by atoms with Crippen LogP contribution in [-0.4, -0.2) is 78.6 Å². The van der Waals surface area contributed by atoms with Gasteiger partial charge in [-0.15, -0.1) is 0 Å². The molecule has 1 aromatic carbocycles. The van der Waals surface area contributed by atoms with Crippen molar-refractivity contribution in [3.05, 3.63) is 24.3 Å². The second-order valence-electron chi connectivity index (χ2n) is 6.78. The molecule has 0 aromatic heterocycles. The van der Waals surface area contributed by atoms with Crippen LogP contribution in [0.2, 0.25) is 0 Å². The van der Waals surface area contributed by atoms with Crippen molar-refractivity contribution in [2.75, 3.05) is 61.0 Å². The van der Waals surface area contributed by atoms with Gasteiger partial charge >= 0.3 is 0 Å². The van der Waals surface area contributed by atoms with Crippen molar-refractivity contribution in [3.63, 3.8) is 0 Å². The summed E-state index contributed by atoms with van der Waals surface area (Å²) in [5.41, 5.74) is 0. The lowest BCUT2D eigenvalue weighted by molar-refractivity contribution is -0.858. The highest BCUT2D eigenvalue weighted by molar-refractivity contribution is 7.89. The Morgan fingerprint density at radius 3 is 2.12 bits per heavy atom. The molecular weight excluding hydrogens is 338 g/mol. The first-order chi connectivity index (χ1) is 11.8. The number of nitrogens with one attached hydrogen (secondary N) is 1. The summed E-state index contributed by atoms with van der Waals surface area (Å²) in [5, 5.41) is 0. The number of hydrogen-bond acceptors (Lipinski definition) is 4. The molecule has 0 aliphatic heterocycles. The first-order valence-electron chi connectivity index (χ1n) is 8.94. The number of rotatable bonds is 12. The fourth-order valence-corrected chi connectivity index (χ4v) is 4.07. The molecule has 0 aliphatic rings. The maximum Gasteiger partial charge on any atom is 0.243 e. The number of benzene rings is 1. The lowest BCUT2D eigenvalue weighted by Crippen LogP contribution is -3.05. The average molecular weight is 373 g/mol. The van der Waals surface area contributed by atoms with E-state index in [1.165, 1.54) is 4.90 Å². The third-order valence-electron chi connectivity index (χ3n) is 3.87. The molecule has 7 heteroatoms. The van der Waals surface area contributed by atoms with E-state index in [2.05, 4.69) is 19.0 Å². The molecule has 0 saturated carbocycles. The molecule has 1 aromatic rings. The zero-order chi connectivity index (χ0) is 18.9. The smallest absolute Gasteiger partial charge is 0.243 e. The summed E-state index contributed by atoms with van der Waals surface area (Å²) < 4.78 is 33.1. The topological polar surface area (TPSA) is 54.3 Å². The quantitative estimate of drug-likeness (QED) is 0.583. The summed E-state index contributed by atoms with van der Waals surface area (Å²) >= 11 is 0. The minimum atomic E-state index is -3.48. The van der Waals surface area contributed by atoms with E-state index in [1.54, 1.807) is 28.6 Å². The lowest BCUT2D eigenvalue weighted by atomic mass is 10.3. The van der Waals surface area contributed by atoms with Gasteiger partial charge in [-0.25, -0.2) is 8.42 Å². The van der Waals surface area contributed by atoms with Gasteiger partial charge in [0.15, 0.2) is 0 Å². The first kappa shape index (κ1) is 21.9. The molecule has 0 amide bonds. The van der Waals surface area contributed by atoms with E-state index in [1.807, 2.05) is 21.0 Å². The summed E-state index contributed by atoms with van der Waals surface area (Å²) in [5.74, 6) is 0.691. The molecule has 1 N–H and O–H groups in total. The molecule has 0 fully saturated rings. The van der Waals surface area contributed by atoms with E-state index in [4.69, 9.17) is 4.74 Å². The molecule has 0 radical (unpaired) electrons. The Morgan fingerprint density at radius 1 is 1.00 bits per heavy atom. The molecule has 0 saturated heterocycles. The Bertz CT molecular complexity index is 572. The fourth-order valence-electron chi connectivity index (χ4n) is 2.55. The lowest BCUT2D eigenvalue weighted by Gasteiger charge is -2.23. The van der Waals surface area contributed by atoms with Gasteiger partial charge in [0, 0.05) is 19.5 Å². The number of ether oxygens (including phenoxy) is 1. The monoisotopic (exact) mass is 372 g/mol. The highest BCUT2D eigenvalue weighted by atomic mass is 32.2. The molecule has 0 heterocycles. The van der Waals surface area contributed by atoms with Crippen LogP contribution in [0, 0.1) is 0 Å². The van der Waals surface area contributed by atoms with Crippen LogP contribution in [0.5, 0.6) is 5.75 Å². The Kier molecular flexibility index (Phi) is 9.42.